The predicted octanol–water partition coefficient (Wildman–Crippen LogP) is 6.85. The summed E-state index contributed by atoms with van der Waals surface area (Å²) < 4.78 is 3.12. The number of unbranched alkanes of at least 4 members (excludes halogenated alkanes) is 11. The Morgan fingerprint density at radius 2 is 1.38 bits per heavy atom. The fourth-order valence-electron chi connectivity index (χ4n) is 4.48. The molecule has 0 atom stereocenters. The maximum atomic E-state index is 12.1. The zero-order chi connectivity index (χ0) is 24.3. The van der Waals surface area contributed by atoms with Crippen molar-refractivity contribution in [2.45, 2.75) is 90.5 Å². The number of urea groups is 1. The van der Waals surface area contributed by atoms with Crippen molar-refractivity contribution in [3.63, 3.8) is 0 Å². The number of nitrogens with zero attached hydrogens (tertiary/aromatic N) is 1. The van der Waals surface area contributed by atoms with Crippen LogP contribution in [0.15, 0.2) is 34.4 Å². The molecule has 1 aromatic carbocycles. The van der Waals surface area contributed by atoms with E-state index >= 15 is 0 Å². The van der Waals surface area contributed by atoms with E-state index in [1.165, 1.54) is 70.6 Å². The van der Waals surface area contributed by atoms with Crippen LogP contribution in [0.2, 0.25) is 0 Å². The molecule has 0 saturated carbocycles. The second-order valence-electron chi connectivity index (χ2n) is 9.12. The smallest absolute Gasteiger partial charge is 0.328 e. The number of rotatable bonds is 14. The molecule has 1 aliphatic rings. The Kier molecular flexibility index (Phi) is 10.4. The van der Waals surface area contributed by atoms with Gasteiger partial charge in [0.2, 0.25) is 0 Å². The van der Waals surface area contributed by atoms with Crippen molar-refractivity contribution < 1.29 is 14.4 Å². The first-order chi connectivity index (χ1) is 16.5. The van der Waals surface area contributed by atoms with Crippen molar-refractivity contribution in [3.8, 4) is 0 Å². The van der Waals surface area contributed by atoms with Gasteiger partial charge in [-0.05, 0) is 30.7 Å². The number of aryl methyl sites for hydroxylation is 1. The molecule has 1 saturated heterocycles. The van der Waals surface area contributed by atoms with Gasteiger partial charge in [-0.1, -0.05) is 93.5 Å². The first kappa shape index (κ1) is 26.2. The zero-order valence-corrected chi connectivity index (χ0v) is 21.7. The topological polar surface area (TPSA) is 80.2 Å². The summed E-state index contributed by atoms with van der Waals surface area (Å²) in [5.41, 5.74) is 1.78. The molecule has 0 aliphatic carbocycles. The standard InChI is InChI=1S/C27H36BrN3O3/c1-2-3-4-5-6-7-8-9-10-11-12-13-16-31-19-20(22-18-21(28)14-15-24(22)31)17-23-25(32)29-27(34)30-26(23)33/h14-15,17-19H,2-13,16H2,1H3,(H2,29,30,32,33,34). The second-order valence-corrected chi connectivity index (χ2v) is 10.0. The third-order valence-corrected chi connectivity index (χ3v) is 6.86. The van der Waals surface area contributed by atoms with Gasteiger partial charge in [0.25, 0.3) is 11.8 Å². The van der Waals surface area contributed by atoms with Crippen molar-refractivity contribution in [2.24, 2.45) is 0 Å². The minimum Gasteiger partial charge on any atom is -0.347 e. The maximum absolute atomic E-state index is 12.1. The van der Waals surface area contributed by atoms with E-state index in [2.05, 4.69) is 38.1 Å². The Bertz CT molecular complexity index is 1020. The van der Waals surface area contributed by atoms with Crippen LogP contribution in [0.3, 0.4) is 0 Å². The molecule has 34 heavy (non-hydrogen) atoms. The van der Waals surface area contributed by atoms with E-state index in [0.29, 0.717) is 0 Å². The molecule has 0 bridgehead atoms. The van der Waals surface area contributed by atoms with E-state index in [1.807, 2.05) is 24.4 Å². The summed E-state index contributed by atoms with van der Waals surface area (Å²) in [5.74, 6) is -1.35. The van der Waals surface area contributed by atoms with E-state index in [-0.39, 0.29) is 5.57 Å². The molecule has 3 rings (SSSR count). The molecule has 1 fully saturated rings. The average Bonchev–Trinajstić information content (AvgIpc) is 3.13. The number of carbonyl (C=O) groups is 3. The molecule has 0 radical (unpaired) electrons. The Morgan fingerprint density at radius 1 is 0.824 bits per heavy atom. The van der Waals surface area contributed by atoms with Crippen molar-refractivity contribution in [2.75, 3.05) is 0 Å². The number of hydrogen-bond acceptors (Lipinski definition) is 3. The van der Waals surface area contributed by atoms with Gasteiger partial charge in [-0.25, -0.2) is 4.79 Å². The SMILES string of the molecule is CCCCCCCCCCCCCCn1cc(C=C2C(=O)NC(=O)NC2=O)c2cc(Br)ccc21. The van der Waals surface area contributed by atoms with Crippen molar-refractivity contribution in [1.82, 2.24) is 15.2 Å². The number of carbonyl (C=O) groups excluding carboxylic acids is 3. The molecule has 2 N–H and O–H groups in total. The molecular formula is C27H36BrN3O3. The lowest BCUT2D eigenvalue weighted by Gasteiger charge is -2.13. The summed E-state index contributed by atoms with van der Waals surface area (Å²) in [6, 6.07) is 5.25. The number of benzene rings is 1. The number of hydrogen-bond donors (Lipinski definition) is 2. The van der Waals surface area contributed by atoms with Crippen LogP contribution in [0.4, 0.5) is 4.79 Å². The second kappa shape index (κ2) is 13.5. The molecule has 0 unspecified atom stereocenters. The summed E-state index contributed by atoms with van der Waals surface area (Å²) in [6.45, 7) is 3.14. The van der Waals surface area contributed by atoms with Crippen LogP contribution < -0.4 is 10.6 Å². The molecule has 1 aliphatic heterocycles. The summed E-state index contributed by atoms with van der Waals surface area (Å²) in [7, 11) is 0. The highest BCUT2D eigenvalue weighted by Crippen LogP contribution is 2.28. The van der Waals surface area contributed by atoms with Crippen LogP contribution in [0.1, 0.15) is 89.5 Å². The zero-order valence-electron chi connectivity index (χ0n) is 20.1. The fourth-order valence-corrected chi connectivity index (χ4v) is 4.84. The monoisotopic (exact) mass is 529 g/mol. The number of imide groups is 2. The summed E-state index contributed by atoms with van der Waals surface area (Å²) in [5, 5.41) is 5.22. The summed E-state index contributed by atoms with van der Waals surface area (Å²) >= 11 is 3.51. The van der Waals surface area contributed by atoms with Gasteiger partial charge in [-0.2, -0.15) is 0 Å². The average molecular weight is 531 g/mol. The Balaban J connectivity index is 1.51. The molecule has 2 aromatic rings. The van der Waals surface area contributed by atoms with Crippen LogP contribution >= 0.6 is 15.9 Å². The van der Waals surface area contributed by atoms with Crippen LogP contribution in [-0.4, -0.2) is 22.4 Å². The Morgan fingerprint density at radius 3 is 1.97 bits per heavy atom. The minimum absolute atomic E-state index is 0.0658. The van der Waals surface area contributed by atoms with Gasteiger partial charge in [0.1, 0.15) is 5.57 Å². The highest BCUT2D eigenvalue weighted by Gasteiger charge is 2.28. The van der Waals surface area contributed by atoms with Crippen molar-refractivity contribution >= 4 is 50.8 Å². The number of aromatic nitrogens is 1. The largest absolute Gasteiger partial charge is 0.347 e. The van der Waals surface area contributed by atoms with Crippen LogP contribution in [0, 0.1) is 0 Å². The maximum Gasteiger partial charge on any atom is 0.328 e. The van der Waals surface area contributed by atoms with Gasteiger partial charge in [-0.3, -0.25) is 20.2 Å². The van der Waals surface area contributed by atoms with Gasteiger partial charge < -0.3 is 4.57 Å². The van der Waals surface area contributed by atoms with E-state index in [0.717, 1.165) is 33.9 Å². The molecule has 7 heteroatoms. The lowest BCUT2D eigenvalue weighted by atomic mass is 10.1. The van der Waals surface area contributed by atoms with E-state index in [9.17, 15) is 14.4 Å². The highest BCUT2D eigenvalue weighted by atomic mass is 79.9. The fraction of sp³-hybridized carbons (Fsp3) is 0.519. The van der Waals surface area contributed by atoms with Gasteiger partial charge in [-0.15, -0.1) is 0 Å². The van der Waals surface area contributed by atoms with Crippen molar-refractivity contribution in [1.29, 1.82) is 0 Å². The number of fused-ring (bicyclic) bond motifs is 1. The molecule has 1 aromatic heterocycles. The Hall–Kier alpha value is -2.41. The van der Waals surface area contributed by atoms with Crippen LogP contribution in [-0.2, 0) is 16.1 Å². The molecule has 0 spiro atoms. The third kappa shape index (κ3) is 7.55. The van der Waals surface area contributed by atoms with E-state index in [4.69, 9.17) is 0 Å². The van der Waals surface area contributed by atoms with Crippen molar-refractivity contribution in [3.05, 3.63) is 40.0 Å². The van der Waals surface area contributed by atoms with Gasteiger partial charge in [0.15, 0.2) is 0 Å². The van der Waals surface area contributed by atoms with Gasteiger partial charge >= 0.3 is 6.03 Å². The lowest BCUT2D eigenvalue weighted by Crippen LogP contribution is -2.51. The Labute approximate surface area is 210 Å². The van der Waals surface area contributed by atoms with E-state index in [1.54, 1.807) is 6.08 Å². The normalized spacial score (nSPS) is 13.9. The molecule has 4 amide bonds. The lowest BCUT2D eigenvalue weighted by molar-refractivity contribution is -0.123. The van der Waals surface area contributed by atoms with Crippen LogP contribution in [0.25, 0.3) is 17.0 Å². The molecule has 2 heterocycles. The third-order valence-electron chi connectivity index (χ3n) is 6.37. The quantitative estimate of drug-likeness (QED) is 0.159. The van der Waals surface area contributed by atoms with E-state index < -0.39 is 17.8 Å². The number of barbiturate groups is 1. The number of amides is 4. The number of nitrogens with one attached hydrogen (secondary N) is 2. The summed E-state index contributed by atoms with van der Waals surface area (Å²) in [6.07, 6.45) is 19.3. The first-order valence-electron chi connectivity index (χ1n) is 12.7. The molecular weight excluding hydrogens is 494 g/mol. The summed E-state index contributed by atoms with van der Waals surface area (Å²) in [4.78, 5) is 35.6. The molecule has 184 valence electrons. The van der Waals surface area contributed by atoms with Gasteiger partial charge in [0.05, 0.1) is 0 Å². The highest BCUT2D eigenvalue weighted by molar-refractivity contribution is 9.10. The van der Waals surface area contributed by atoms with Crippen LogP contribution in [0.5, 0.6) is 0 Å². The van der Waals surface area contributed by atoms with Gasteiger partial charge in [0, 0.05) is 33.7 Å². The minimum atomic E-state index is -0.788. The number of halogens is 1. The predicted molar refractivity (Wildman–Crippen MR) is 140 cm³/mol. The first-order valence-corrected chi connectivity index (χ1v) is 13.5. The molecule has 6 nitrogen and oxygen atoms in total.